The molecule has 0 bridgehead atoms. The predicted octanol–water partition coefficient (Wildman–Crippen LogP) is 0.606. The van der Waals surface area contributed by atoms with Crippen molar-refractivity contribution in [2.75, 3.05) is 11.4 Å². The fourth-order valence-electron chi connectivity index (χ4n) is 2.27. The Hall–Kier alpha value is -1.40. The number of hydrogen-bond acceptors (Lipinski definition) is 6. The molecule has 2 aliphatic rings. The van der Waals surface area contributed by atoms with Gasteiger partial charge in [0.25, 0.3) is 0 Å². The molecule has 1 atom stereocenters. The van der Waals surface area contributed by atoms with Crippen LogP contribution in [0.5, 0.6) is 0 Å². The van der Waals surface area contributed by atoms with Gasteiger partial charge in [-0.1, -0.05) is 0 Å². The van der Waals surface area contributed by atoms with Crippen LogP contribution in [-0.2, 0) is 0 Å². The van der Waals surface area contributed by atoms with Gasteiger partial charge in [-0.2, -0.15) is 4.98 Å². The Morgan fingerprint density at radius 1 is 1.56 bits per heavy atom. The number of hydrazine groups is 1. The SMILES string of the molecule is NNC1=Nc2cnc(Cl)nc2N2CCCC12. The van der Waals surface area contributed by atoms with E-state index < -0.39 is 0 Å². The van der Waals surface area contributed by atoms with Crippen LogP contribution in [0.25, 0.3) is 0 Å². The molecule has 84 valence electrons. The number of nitrogens with zero attached hydrogens (tertiary/aromatic N) is 4. The van der Waals surface area contributed by atoms with E-state index in [1.807, 2.05) is 0 Å². The number of rotatable bonds is 0. The van der Waals surface area contributed by atoms with Gasteiger partial charge in [-0.25, -0.2) is 15.8 Å². The fourth-order valence-corrected chi connectivity index (χ4v) is 2.40. The molecule has 6 nitrogen and oxygen atoms in total. The number of anilines is 1. The Morgan fingerprint density at radius 2 is 2.44 bits per heavy atom. The third kappa shape index (κ3) is 1.34. The summed E-state index contributed by atoms with van der Waals surface area (Å²) in [4.78, 5) is 14.7. The van der Waals surface area contributed by atoms with Crippen molar-refractivity contribution >= 4 is 28.9 Å². The van der Waals surface area contributed by atoms with Crippen LogP contribution in [0.4, 0.5) is 11.5 Å². The summed E-state index contributed by atoms with van der Waals surface area (Å²) in [6.45, 7) is 0.950. The first-order valence-electron chi connectivity index (χ1n) is 5.14. The molecule has 3 heterocycles. The van der Waals surface area contributed by atoms with Crippen molar-refractivity contribution in [2.45, 2.75) is 18.9 Å². The van der Waals surface area contributed by atoms with Crippen LogP contribution < -0.4 is 16.2 Å². The largest absolute Gasteiger partial charge is 0.344 e. The molecular weight excluding hydrogens is 228 g/mol. The average Bonchev–Trinajstić information content (AvgIpc) is 2.77. The van der Waals surface area contributed by atoms with Crippen molar-refractivity contribution in [3.8, 4) is 0 Å². The number of aliphatic imine (C=N–C) groups is 1. The summed E-state index contributed by atoms with van der Waals surface area (Å²) < 4.78 is 0. The Kier molecular flexibility index (Phi) is 2.19. The topological polar surface area (TPSA) is 79.4 Å². The second kappa shape index (κ2) is 3.57. The maximum absolute atomic E-state index is 5.80. The average molecular weight is 239 g/mol. The Balaban J connectivity index is 2.14. The van der Waals surface area contributed by atoms with Gasteiger partial charge in [0, 0.05) is 6.54 Å². The van der Waals surface area contributed by atoms with Crippen LogP contribution in [0.2, 0.25) is 5.28 Å². The van der Waals surface area contributed by atoms with E-state index in [1.54, 1.807) is 6.20 Å². The molecule has 0 aliphatic carbocycles. The van der Waals surface area contributed by atoms with Crippen LogP contribution in [-0.4, -0.2) is 28.4 Å². The van der Waals surface area contributed by atoms with Crippen molar-refractivity contribution in [3.63, 3.8) is 0 Å². The molecule has 1 fully saturated rings. The first-order valence-corrected chi connectivity index (χ1v) is 5.52. The normalized spacial score (nSPS) is 22.5. The summed E-state index contributed by atoms with van der Waals surface area (Å²) in [5.74, 6) is 7.05. The van der Waals surface area contributed by atoms with Crippen molar-refractivity contribution in [1.82, 2.24) is 15.4 Å². The van der Waals surface area contributed by atoms with Gasteiger partial charge in [0.1, 0.15) is 11.5 Å². The van der Waals surface area contributed by atoms with Gasteiger partial charge in [0.15, 0.2) is 5.82 Å². The molecule has 3 N–H and O–H groups in total. The molecule has 2 aliphatic heterocycles. The van der Waals surface area contributed by atoms with Gasteiger partial charge in [0.2, 0.25) is 5.28 Å². The van der Waals surface area contributed by atoms with E-state index >= 15 is 0 Å². The lowest BCUT2D eigenvalue weighted by Gasteiger charge is -2.31. The standard InChI is InChI=1S/C9H11ClN6/c10-9-12-4-5-8(14-9)16-3-1-2-6(16)7(13-5)15-11/h4,6H,1-3,11H2,(H,13,15). The van der Waals surface area contributed by atoms with E-state index in [-0.39, 0.29) is 11.3 Å². The summed E-state index contributed by atoms with van der Waals surface area (Å²) in [6.07, 6.45) is 3.76. The highest BCUT2D eigenvalue weighted by atomic mass is 35.5. The Bertz CT molecular complexity index is 459. The maximum Gasteiger partial charge on any atom is 0.224 e. The molecule has 16 heavy (non-hydrogen) atoms. The number of amidine groups is 1. The molecule has 0 spiro atoms. The van der Waals surface area contributed by atoms with E-state index in [1.165, 1.54) is 0 Å². The number of nitrogens with one attached hydrogen (secondary N) is 1. The number of halogens is 1. The lowest BCUT2D eigenvalue weighted by molar-refractivity contribution is 0.774. The van der Waals surface area contributed by atoms with E-state index in [2.05, 4.69) is 25.3 Å². The summed E-state index contributed by atoms with van der Waals surface area (Å²) in [7, 11) is 0. The number of aromatic nitrogens is 2. The summed E-state index contributed by atoms with van der Waals surface area (Å²) >= 11 is 5.80. The molecule has 0 saturated carbocycles. The van der Waals surface area contributed by atoms with E-state index in [0.29, 0.717) is 0 Å². The van der Waals surface area contributed by atoms with Crippen LogP contribution in [0.1, 0.15) is 12.8 Å². The van der Waals surface area contributed by atoms with Gasteiger partial charge in [-0.05, 0) is 24.4 Å². The second-order valence-corrected chi connectivity index (χ2v) is 4.18. The van der Waals surface area contributed by atoms with Gasteiger partial charge in [0.05, 0.1) is 12.2 Å². The second-order valence-electron chi connectivity index (χ2n) is 3.84. The van der Waals surface area contributed by atoms with E-state index in [0.717, 1.165) is 36.7 Å². The molecular formula is C9H11ClN6. The number of fused-ring (bicyclic) bond motifs is 3. The van der Waals surface area contributed by atoms with Gasteiger partial charge < -0.3 is 10.3 Å². The highest BCUT2D eigenvalue weighted by Gasteiger charge is 2.34. The smallest absolute Gasteiger partial charge is 0.224 e. The number of hydrogen-bond donors (Lipinski definition) is 2. The minimum absolute atomic E-state index is 0.198. The molecule has 0 amide bonds. The Labute approximate surface area is 97.5 Å². The third-order valence-electron chi connectivity index (χ3n) is 2.95. The van der Waals surface area contributed by atoms with Gasteiger partial charge in [-0.15, -0.1) is 0 Å². The van der Waals surface area contributed by atoms with Crippen LogP contribution in [0, 0.1) is 0 Å². The zero-order valence-electron chi connectivity index (χ0n) is 8.52. The number of nitrogens with two attached hydrogens (primary N) is 1. The zero-order chi connectivity index (χ0) is 11.1. The van der Waals surface area contributed by atoms with Gasteiger partial charge >= 0.3 is 0 Å². The highest BCUT2D eigenvalue weighted by Crippen LogP contribution is 2.36. The molecule has 0 aromatic carbocycles. The molecule has 7 heteroatoms. The first-order chi connectivity index (χ1) is 7.79. The third-order valence-corrected chi connectivity index (χ3v) is 3.13. The molecule has 1 unspecified atom stereocenters. The minimum atomic E-state index is 0.198. The minimum Gasteiger partial charge on any atom is -0.344 e. The monoisotopic (exact) mass is 238 g/mol. The lowest BCUT2D eigenvalue weighted by Crippen LogP contribution is -2.48. The van der Waals surface area contributed by atoms with Crippen molar-refractivity contribution in [3.05, 3.63) is 11.5 Å². The highest BCUT2D eigenvalue weighted by molar-refractivity contribution is 6.28. The lowest BCUT2D eigenvalue weighted by atomic mass is 10.2. The van der Waals surface area contributed by atoms with E-state index in [4.69, 9.17) is 17.4 Å². The van der Waals surface area contributed by atoms with Crippen molar-refractivity contribution < 1.29 is 0 Å². The van der Waals surface area contributed by atoms with Crippen molar-refractivity contribution in [1.29, 1.82) is 0 Å². The van der Waals surface area contributed by atoms with Crippen LogP contribution in [0.3, 0.4) is 0 Å². The predicted molar refractivity (Wildman–Crippen MR) is 61.8 cm³/mol. The zero-order valence-corrected chi connectivity index (χ0v) is 9.28. The molecule has 1 saturated heterocycles. The van der Waals surface area contributed by atoms with Gasteiger partial charge in [-0.3, -0.25) is 0 Å². The molecule has 1 aromatic heterocycles. The fraction of sp³-hybridized carbons (Fsp3) is 0.444. The first kappa shape index (κ1) is 9.80. The van der Waals surface area contributed by atoms with Crippen LogP contribution in [0.15, 0.2) is 11.2 Å². The maximum atomic E-state index is 5.80. The summed E-state index contributed by atoms with van der Waals surface area (Å²) in [5.41, 5.74) is 3.37. The summed E-state index contributed by atoms with van der Waals surface area (Å²) in [6, 6.07) is 0.198. The van der Waals surface area contributed by atoms with E-state index in [9.17, 15) is 0 Å². The molecule has 3 rings (SSSR count). The molecule has 0 radical (unpaired) electrons. The van der Waals surface area contributed by atoms with Crippen LogP contribution >= 0.6 is 11.6 Å². The quantitative estimate of drug-likeness (QED) is 0.393. The molecule has 1 aromatic rings. The summed E-state index contributed by atoms with van der Waals surface area (Å²) in [5, 5.41) is 0.253. The van der Waals surface area contributed by atoms with Crippen molar-refractivity contribution in [2.24, 2.45) is 10.8 Å². The Morgan fingerprint density at radius 3 is 3.25 bits per heavy atom.